The van der Waals surface area contributed by atoms with Gasteiger partial charge in [0.05, 0.1) is 16.2 Å². The summed E-state index contributed by atoms with van der Waals surface area (Å²) in [7, 11) is 1.70. The fourth-order valence-electron chi connectivity index (χ4n) is 2.79. The Bertz CT molecular complexity index is 516. The van der Waals surface area contributed by atoms with E-state index in [0.29, 0.717) is 22.9 Å². The average Bonchev–Trinajstić information content (AvgIpc) is 2.87. The molecule has 1 aromatic heterocycles. The molecule has 0 spiro atoms. The van der Waals surface area contributed by atoms with Crippen LogP contribution in [0.2, 0.25) is 5.02 Å². The molecular formula is C15H22ClN3O2. The highest BCUT2D eigenvalue weighted by Gasteiger charge is 2.33. The Labute approximate surface area is 130 Å². The molecule has 0 unspecified atom stereocenters. The quantitative estimate of drug-likeness (QED) is 0.877. The number of nitrogens with one attached hydrogen (secondary N) is 1. The highest BCUT2D eigenvalue weighted by molar-refractivity contribution is 6.33. The molecule has 1 fully saturated rings. The van der Waals surface area contributed by atoms with Gasteiger partial charge in [0.15, 0.2) is 0 Å². The Morgan fingerprint density at radius 3 is 2.81 bits per heavy atom. The lowest BCUT2D eigenvalue weighted by Crippen LogP contribution is -2.42. The van der Waals surface area contributed by atoms with E-state index in [1.54, 1.807) is 18.0 Å². The molecule has 1 aliphatic rings. The number of hydrogen-bond acceptors (Lipinski definition) is 4. The Hall–Kier alpha value is -1.33. The van der Waals surface area contributed by atoms with Gasteiger partial charge in [-0.2, -0.15) is 0 Å². The summed E-state index contributed by atoms with van der Waals surface area (Å²) in [4.78, 5) is 18.2. The largest absolute Gasteiger partial charge is 0.388 e. The van der Waals surface area contributed by atoms with Crippen molar-refractivity contribution in [3.63, 3.8) is 0 Å². The minimum atomic E-state index is -0.756. The lowest BCUT2D eigenvalue weighted by molar-refractivity contribution is 0.0157. The SMILES string of the molecule is CCNc1cc(C(=O)N(C)CC2(O)CCCC2)c(Cl)cn1. The highest BCUT2D eigenvalue weighted by Crippen LogP contribution is 2.30. The Morgan fingerprint density at radius 2 is 2.19 bits per heavy atom. The molecule has 0 saturated heterocycles. The molecule has 1 aliphatic carbocycles. The number of hydrogen-bond donors (Lipinski definition) is 2. The topological polar surface area (TPSA) is 65.5 Å². The molecule has 1 heterocycles. The zero-order valence-electron chi connectivity index (χ0n) is 12.5. The van der Waals surface area contributed by atoms with E-state index in [9.17, 15) is 9.90 Å². The highest BCUT2D eigenvalue weighted by atomic mass is 35.5. The molecule has 0 aromatic carbocycles. The normalized spacial score (nSPS) is 16.8. The molecule has 21 heavy (non-hydrogen) atoms. The first-order valence-corrected chi connectivity index (χ1v) is 7.70. The third-order valence-electron chi connectivity index (χ3n) is 3.86. The van der Waals surface area contributed by atoms with E-state index >= 15 is 0 Å². The Morgan fingerprint density at radius 1 is 1.52 bits per heavy atom. The maximum absolute atomic E-state index is 12.5. The first-order chi connectivity index (χ1) is 9.95. The van der Waals surface area contributed by atoms with Crippen molar-refractivity contribution in [3.8, 4) is 0 Å². The van der Waals surface area contributed by atoms with Crippen LogP contribution in [0.5, 0.6) is 0 Å². The summed E-state index contributed by atoms with van der Waals surface area (Å²) in [6.07, 6.45) is 5.00. The zero-order valence-corrected chi connectivity index (χ0v) is 13.3. The second kappa shape index (κ2) is 6.62. The van der Waals surface area contributed by atoms with Crippen LogP contribution in [-0.2, 0) is 0 Å². The van der Waals surface area contributed by atoms with Crippen molar-refractivity contribution in [2.45, 2.75) is 38.2 Å². The van der Waals surface area contributed by atoms with Gasteiger partial charge in [0.1, 0.15) is 5.82 Å². The Balaban J connectivity index is 2.13. The second-order valence-electron chi connectivity index (χ2n) is 5.67. The number of nitrogens with zero attached hydrogens (tertiary/aromatic N) is 2. The van der Waals surface area contributed by atoms with Crippen LogP contribution in [0.15, 0.2) is 12.3 Å². The lowest BCUT2D eigenvalue weighted by Gasteiger charge is -2.28. The smallest absolute Gasteiger partial charge is 0.255 e. The van der Waals surface area contributed by atoms with E-state index < -0.39 is 5.60 Å². The predicted molar refractivity (Wildman–Crippen MR) is 83.8 cm³/mol. The van der Waals surface area contributed by atoms with Crippen LogP contribution in [0, 0.1) is 0 Å². The van der Waals surface area contributed by atoms with Crippen molar-refractivity contribution in [2.24, 2.45) is 0 Å². The molecule has 0 aliphatic heterocycles. The van der Waals surface area contributed by atoms with Crippen molar-refractivity contribution < 1.29 is 9.90 Å². The molecule has 2 N–H and O–H groups in total. The van der Waals surface area contributed by atoms with Gasteiger partial charge in [-0.15, -0.1) is 0 Å². The van der Waals surface area contributed by atoms with E-state index in [1.165, 1.54) is 6.20 Å². The number of halogens is 1. The van der Waals surface area contributed by atoms with Crippen molar-refractivity contribution in [2.75, 3.05) is 25.5 Å². The molecular weight excluding hydrogens is 290 g/mol. The maximum Gasteiger partial charge on any atom is 0.255 e. The van der Waals surface area contributed by atoms with Gasteiger partial charge < -0.3 is 15.3 Å². The van der Waals surface area contributed by atoms with Crippen LogP contribution in [0.4, 0.5) is 5.82 Å². The minimum absolute atomic E-state index is 0.193. The third kappa shape index (κ3) is 3.86. The predicted octanol–water partition coefficient (Wildman–Crippen LogP) is 2.54. The van der Waals surface area contributed by atoms with Gasteiger partial charge in [-0.3, -0.25) is 4.79 Å². The fraction of sp³-hybridized carbons (Fsp3) is 0.600. The van der Waals surface area contributed by atoms with E-state index in [2.05, 4.69) is 10.3 Å². The summed E-state index contributed by atoms with van der Waals surface area (Å²) in [5.41, 5.74) is -0.347. The number of pyridine rings is 1. The Kier molecular flexibility index (Phi) is 5.06. The summed E-state index contributed by atoms with van der Waals surface area (Å²) in [5, 5.41) is 13.8. The second-order valence-corrected chi connectivity index (χ2v) is 6.08. The summed E-state index contributed by atoms with van der Waals surface area (Å²) in [6, 6.07) is 1.66. The molecule has 5 nitrogen and oxygen atoms in total. The van der Waals surface area contributed by atoms with Gasteiger partial charge in [-0.1, -0.05) is 24.4 Å². The van der Waals surface area contributed by atoms with Gasteiger partial charge in [-0.05, 0) is 25.8 Å². The summed E-state index contributed by atoms with van der Waals surface area (Å²) in [6.45, 7) is 3.01. The maximum atomic E-state index is 12.5. The molecule has 0 atom stereocenters. The molecule has 1 saturated carbocycles. The average molecular weight is 312 g/mol. The molecule has 1 amide bonds. The standard InChI is InChI=1S/C15H22ClN3O2/c1-3-17-13-8-11(12(16)9-18-13)14(20)19(2)10-15(21)6-4-5-7-15/h8-9,21H,3-7,10H2,1-2H3,(H,17,18). The number of aliphatic hydroxyl groups is 1. The molecule has 1 aromatic rings. The molecule has 0 radical (unpaired) electrons. The van der Waals surface area contributed by atoms with E-state index in [1.807, 2.05) is 6.92 Å². The van der Waals surface area contributed by atoms with Crippen molar-refractivity contribution >= 4 is 23.3 Å². The van der Waals surface area contributed by atoms with Crippen LogP contribution >= 0.6 is 11.6 Å². The lowest BCUT2D eigenvalue weighted by atomic mass is 10.0. The summed E-state index contributed by atoms with van der Waals surface area (Å²) >= 11 is 6.09. The zero-order chi connectivity index (χ0) is 15.5. The number of carbonyl (C=O) groups is 1. The fourth-order valence-corrected chi connectivity index (χ4v) is 2.97. The first-order valence-electron chi connectivity index (χ1n) is 7.32. The van der Waals surface area contributed by atoms with E-state index in [4.69, 9.17) is 11.6 Å². The van der Waals surface area contributed by atoms with Crippen molar-refractivity contribution in [3.05, 3.63) is 22.8 Å². The monoisotopic (exact) mass is 311 g/mol. The van der Waals surface area contributed by atoms with E-state index in [-0.39, 0.29) is 5.91 Å². The van der Waals surface area contributed by atoms with Crippen molar-refractivity contribution in [1.29, 1.82) is 0 Å². The number of anilines is 1. The third-order valence-corrected chi connectivity index (χ3v) is 4.16. The van der Waals surface area contributed by atoms with Gasteiger partial charge in [0.25, 0.3) is 5.91 Å². The molecule has 116 valence electrons. The number of amides is 1. The first kappa shape index (κ1) is 16.0. The molecule has 0 bridgehead atoms. The number of rotatable bonds is 5. The number of likely N-dealkylation sites (N-methyl/N-ethyl adjacent to an activating group) is 1. The van der Waals surface area contributed by atoms with Crippen LogP contribution in [0.3, 0.4) is 0 Å². The number of aromatic nitrogens is 1. The minimum Gasteiger partial charge on any atom is -0.388 e. The van der Waals surface area contributed by atoms with Gasteiger partial charge >= 0.3 is 0 Å². The number of carbonyl (C=O) groups excluding carboxylic acids is 1. The summed E-state index contributed by atoms with van der Waals surface area (Å²) < 4.78 is 0. The van der Waals surface area contributed by atoms with Gasteiger partial charge in [0.2, 0.25) is 0 Å². The summed E-state index contributed by atoms with van der Waals surface area (Å²) in [5.74, 6) is 0.431. The van der Waals surface area contributed by atoms with Gasteiger partial charge in [0, 0.05) is 26.3 Å². The van der Waals surface area contributed by atoms with Crippen LogP contribution in [0.25, 0.3) is 0 Å². The van der Waals surface area contributed by atoms with Crippen molar-refractivity contribution in [1.82, 2.24) is 9.88 Å². The molecule has 6 heteroatoms. The van der Waals surface area contributed by atoms with Crippen LogP contribution in [-0.4, -0.2) is 46.6 Å². The van der Waals surface area contributed by atoms with E-state index in [0.717, 1.165) is 32.2 Å². The van der Waals surface area contributed by atoms with Crippen LogP contribution in [0.1, 0.15) is 43.0 Å². The van der Waals surface area contributed by atoms with Gasteiger partial charge in [-0.25, -0.2) is 4.98 Å². The molecule has 2 rings (SSSR count). The van der Waals surface area contributed by atoms with Crippen LogP contribution < -0.4 is 5.32 Å².